The smallest absolute Gasteiger partial charge is 0.496 e. The van der Waals surface area contributed by atoms with Crippen molar-refractivity contribution >= 4 is 0 Å². The fraction of sp³-hybridized carbons (Fsp3) is 0.429. The van der Waals surface area contributed by atoms with Gasteiger partial charge >= 0.3 is 6.36 Å². The monoisotopic (exact) mass is 410 g/mol. The fourth-order valence-corrected chi connectivity index (χ4v) is 3.70. The summed E-state index contributed by atoms with van der Waals surface area (Å²) >= 11 is 0. The molecule has 0 amide bonds. The lowest BCUT2D eigenvalue weighted by molar-refractivity contribution is -0.274. The Labute approximate surface area is 167 Å². The lowest BCUT2D eigenvalue weighted by Crippen LogP contribution is -2.49. The SMILES string of the molecule is COc1ccc(OC(F)(F)F)cc1CN[C@@H]1C[C@@H](CO)CN[C@H]1c1ccccc1. The molecule has 1 saturated heterocycles. The quantitative estimate of drug-likeness (QED) is 0.653. The average molecular weight is 410 g/mol. The van der Waals surface area contributed by atoms with Crippen LogP contribution in [0.25, 0.3) is 0 Å². The predicted octanol–water partition coefficient (Wildman–Crippen LogP) is 3.40. The van der Waals surface area contributed by atoms with E-state index in [0.29, 0.717) is 24.4 Å². The van der Waals surface area contributed by atoms with Crippen LogP contribution >= 0.6 is 0 Å². The fourth-order valence-electron chi connectivity index (χ4n) is 3.70. The minimum atomic E-state index is -4.75. The van der Waals surface area contributed by atoms with E-state index in [1.54, 1.807) is 0 Å². The Balaban J connectivity index is 1.77. The molecular weight excluding hydrogens is 385 g/mol. The van der Waals surface area contributed by atoms with Crippen LogP contribution in [-0.4, -0.2) is 37.8 Å². The van der Waals surface area contributed by atoms with E-state index in [-0.39, 0.29) is 30.4 Å². The number of rotatable bonds is 7. The molecule has 158 valence electrons. The Morgan fingerprint density at radius 2 is 1.93 bits per heavy atom. The Hall–Kier alpha value is -2.29. The van der Waals surface area contributed by atoms with Crippen molar-refractivity contribution in [1.82, 2.24) is 10.6 Å². The molecule has 1 aliphatic heterocycles. The largest absolute Gasteiger partial charge is 0.573 e. The maximum Gasteiger partial charge on any atom is 0.573 e. The van der Waals surface area contributed by atoms with Gasteiger partial charge in [-0.25, -0.2) is 0 Å². The number of ether oxygens (including phenoxy) is 2. The van der Waals surface area contributed by atoms with Gasteiger partial charge in [-0.15, -0.1) is 13.2 Å². The van der Waals surface area contributed by atoms with E-state index in [9.17, 15) is 18.3 Å². The summed E-state index contributed by atoms with van der Waals surface area (Å²) in [4.78, 5) is 0. The van der Waals surface area contributed by atoms with Crippen molar-refractivity contribution in [2.75, 3.05) is 20.3 Å². The van der Waals surface area contributed by atoms with Crippen LogP contribution in [0.15, 0.2) is 48.5 Å². The molecule has 1 fully saturated rings. The molecule has 3 atom stereocenters. The Morgan fingerprint density at radius 3 is 2.59 bits per heavy atom. The van der Waals surface area contributed by atoms with E-state index in [0.717, 1.165) is 12.0 Å². The zero-order chi connectivity index (χ0) is 20.9. The van der Waals surface area contributed by atoms with E-state index < -0.39 is 6.36 Å². The third-order valence-corrected chi connectivity index (χ3v) is 5.07. The Bertz CT molecular complexity index is 786. The van der Waals surface area contributed by atoms with E-state index >= 15 is 0 Å². The number of methoxy groups -OCH3 is 1. The van der Waals surface area contributed by atoms with Gasteiger partial charge < -0.3 is 25.2 Å². The minimum absolute atomic E-state index is 0.0137. The van der Waals surface area contributed by atoms with Crippen LogP contribution in [0, 0.1) is 5.92 Å². The number of piperidine rings is 1. The molecule has 2 aromatic carbocycles. The second-order valence-electron chi connectivity index (χ2n) is 7.09. The van der Waals surface area contributed by atoms with Crippen molar-refractivity contribution in [3.05, 3.63) is 59.7 Å². The lowest BCUT2D eigenvalue weighted by Gasteiger charge is -2.37. The van der Waals surface area contributed by atoms with E-state index in [4.69, 9.17) is 4.74 Å². The van der Waals surface area contributed by atoms with E-state index in [1.165, 1.54) is 25.3 Å². The normalized spacial score (nSPS) is 22.3. The molecule has 29 heavy (non-hydrogen) atoms. The van der Waals surface area contributed by atoms with Gasteiger partial charge in [0.15, 0.2) is 0 Å². The van der Waals surface area contributed by atoms with Crippen LogP contribution < -0.4 is 20.1 Å². The van der Waals surface area contributed by atoms with Crippen LogP contribution in [0.3, 0.4) is 0 Å². The number of hydrogen-bond acceptors (Lipinski definition) is 5. The lowest BCUT2D eigenvalue weighted by atomic mass is 9.86. The topological polar surface area (TPSA) is 62.8 Å². The van der Waals surface area contributed by atoms with Gasteiger partial charge in [0, 0.05) is 37.3 Å². The van der Waals surface area contributed by atoms with Crippen molar-refractivity contribution in [2.24, 2.45) is 5.92 Å². The Kier molecular flexibility index (Phi) is 7.00. The standard InChI is InChI=1S/C21H25F3N2O3/c1-28-19-8-7-17(29-21(22,23)24)10-16(19)12-25-18-9-14(13-27)11-26-20(18)15-5-3-2-4-6-15/h2-8,10,14,18,20,25-27H,9,11-13H2,1H3/t14-,18-,20+/m1/s1. The molecule has 0 spiro atoms. The molecule has 2 aromatic rings. The van der Waals surface area contributed by atoms with Gasteiger partial charge in [0.2, 0.25) is 0 Å². The van der Waals surface area contributed by atoms with Gasteiger partial charge in [-0.1, -0.05) is 30.3 Å². The van der Waals surface area contributed by atoms with Gasteiger partial charge in [0.1, 0.15) is 11.5 Å². The molecule has 3 N–H and O–H groups in total. The highest BCUT2D eigenvalue weighted by Gasteiger charge is 2.32. The highest BCUT2D eigenvalue weighted by atomic mass is 19.4. The highest BCUT2D eigenvalue weighted by molar-refractivity contribution is 5.40. The summed E-state index contributed by atoms with van der Waals surface area (Å²) in [5, 5.41) is 16.5. The summed E-state index contributed by atoms with van der Waals surface area (Å²) in [6.07, 6.45) is -4.01. The number of alkyl halides is 3. The summed E-state index contributed by atoms with van der Waals surface area (Å²) in [6, 6.07) is 14.0. The molecule has 0 saturated carbocycles. The number of aliphatic hydroxyl groups is 1. The molecule has 0 bridgehead atoms. The maximum atomic E-state index is 12.6. The predicted molar refractivity (Wildman–Crippen MR) is 103 cm³/mol. The zero-order valence-electron chi connectivity index (χ0n) is 16.1. The molecule has 3 rings (SSSR count). The first-order valence-electron chi connectivity index (χ1n) is 9.45. The summed E-state index contributed by atoms with van der Waals surface area (Å²) in [6.45, 7) is 1.07. The van der Waals surface area contributed by atoms with Gasteiger partial charge in [-0.05, 0) is 36.1 Å². The van der Waals surface area contributed by atoms with E-state index in [2.05, 4.69) is 15.4 Å². The number of nitrogens with one attached hydrogen (secondary N) is 2. The van der Waals surface area contributed by atoms with Gasteiger partial charge in [0.25, 0.3) is 0 Å². The molecular formula is C21H25F3N2O3. The molecule has 1 heterocycles. The molecule has 0 unspecified atom stereocenters. The average Bonchev–Trinajstić information content (AvgIpc) is 2.71. The second kappa shape index (κ2) is 9.47. The van der Waals surface area contributed by atoms with Gasteiger partial charge in [-0.3, -0.25) is 0 Å². The number of hydrogen-bond donors (Lipinski definition) is 3. The first kappa shape index (κ1) is 21.4. The van der Waals surface area contributed by atoms with Crippen LogP contribution in [0.1, 0.15) is 23.6 Å². The van der Waals surface area contributed by atoms with Crippen molar-refractivity contribution in [3.63, 3.8) is 0 Å². The number of aliphatic hydroxyl groups excluding tert-OH is 1. The molecule has 0 radical (unpaired) electrons. The van der Waals surface area contributed by atoms with Crippen LogP contribution in [0.4, 0.5) is 13.2 Å². The number of benzene rings is 2. The molecule has 0 aliphatic carbocycles. The summed E-state index contributed by atoms with van der Waals surface area (Å²) in [5.41, 5.74) is 1.68. The van der Waals surface area contributed by atoms with Crippen molar-refractivity contribution < 1.29 is 27.8 Å². The summed E-state index contributed by atoms with van der Waals surface area (Å²) < 4.78 is 47.0. The maximum absolute atomic E-state index is 12.6. The molecule has 8 heteroatoms. The van der Waals surface area contributed by atoms with Crippen molar-refractivity contribution in [3.8, 4) is 11.5 Å². The summed E-state index contributed by atoms with van der Waals surface area (Å²) in [5.74, 6) is 0.296. The minimum Gasteiger partial charge on any atom is -0.496 e. The first-order valence-corrected chi connectivity index (χ1v) is 9.45. The molecule has 0 aromatic heterocycles. The molecule has 5 nitrogen and oxygen atoms in total. The van der Waals surface area contributed by atoms with Crippen LogP contribution in [-0.2, 0) is 6.54 Å². The van der Waals surface area contributed by atoms with Crippen molar-refractivity contribution in [1.29, 1.82) is 0 Å². The first-order chi connectivity index (χ1) is 13.9. The molecule has 1 aliphatic rings. The van der Waals surface area contributed by atoms with Gasteiger partial charge in [-0.2, -0.15) is 0 Å². The van der Waals surface area contributed by atoms with Gasteiger partial charge in [0.05, 0.1) is 7.11 Å². The summed E-state index contributed by atoms with van der Waals surface area (Å²) in [7, 11) is 1.47. The third kappa shape index (κ3) is 5.85. The van der Waals surface area contributed by atoms with Crippen LogP contribution in [0.2, 0.25) is 0 Å². The van der Waals surface area contributed by atoms with E-state index in [1.807, 2.05) is 30.3 Å². The Morgan fingerprint density at radius 1 is 1.17 bits per heavy atom. The third-order valence-electron chi connectivity index (χ3n) is 5.07. The van der Waals surface area contributed by atoms with Crippen LogP contribution in [0.5, 0.6) is 11.5 Å². The second-order valence-corrected chi connectivity index (χ2v) is 7.09. The highest BCUT2D eigenvalue weighted by Crippen LogP contribution is 2.30. The van der Waals surface area contributed by atoms with Crippen molar-refractivity contribution in [2.45, 2.75) is 31.4 Å². The number of halogens is 3. The zero-order valence-corrected chi connectivity index (χ0v) is 16.1.